The van der Waals surface area contributed by atoms with E-state index in [2.05, 4.69) is 17.4 Å². The van der Waals surface area contributed by atoms with Crippen LogP contribution in [0.5, 0.6) is 5.75 Å². The third-order valence-electron chi connectivity index (χ3n) is 8.64. The van der Waals surface area contributed by atoms with Gasteiger partial charge in [-0.25, -0.2) is 8.78 Å². The van der Waals surface area contributed by atoms with Crippen molar-refractivity contribution < 1.29 is 31.1 Å². The lowest BCUT2D eigenvalue weighted by Crippen LogP contribution is -2.28. The fourth-order valence-electron chi connectivity index (χ4n) is 6.62. The van der Waals surface area contributed by atoms with Crippen LogP contribution in [0.15, 0.2) is 43.0 Å². The number of halogens is 6. The van der Waals surface area contributed by atoms with E-state index in [1.54, 1.807) is 0 Å². The Kier molecular flexibility index (Phi) is 8.56. The maximum atomic E-state index is 14.4. The van der Waals surface area contributed by atoms with Gasteiger partial charge in [0.25, 0.3) is 6.08 Å². The molecule has 7 heteroatoms. The number of benzene rings is 1. The van der Waals surface area contributed by atoms with E-state index >= 15 is 0 Å². The van der Waals surface area contributed by atoms with Crippen LogP contribution in [-0.4, -0.2) is 6.11 Å². The first-order valence-electron chi connectivity index (χ1n) is 13.1. The molecule has 2 saturated carbocycles. The molecule has 0 amide bonds. The van der Waals surface area contributed by atoms with E-state index in [0.29, 0.717) is 24.2 Å². The molecule has 0 bridgehead atoms. The third-order valence-corrected chi connectivity index (χ3v) is 8.64. The Hall–Kier alpha value is -2.18. The van der Waals surface area contributed by atoms with Gasteiger partial charge in [-0.05, 0) is 123 Å². The van der Waals surface area contributed by atoms with Crippen LogP contribution in [0, 0.1) is 41.2 Å². The van der Waals surface area contributed by atoms with Gasteiger partial charge < -0.3 is 4.74 Å². The number of hydrogen-bond acceptors (Lipinski definition) is 1. The molecular weight excluding hydrogens is 478 g/mol. The summed E-state index contributed by atoms with van der Waals surface area (Å²) < 4.78 is 83.8. The number of alkyl halides is 2. The smallest absolute Gasteiger partial charge is 0.423 e. The highest BCUT2D eigenvalue weighted by Gasteiger charge is 2.35. The van der Waals surface area contributed by atoms with Gasteiger partial charge in [0, 0.05) is 0 Å². The van der Waals surface area contributed by atoms with Gasteiger partial charge in [-0.2, -0.15) is 17.6 Å². The van der Waals surface area contributed by atoms with E-state index in [-0.39, 0.29) is 5.56 Å². The summed E-state index contributed by atoms with van der Waals surface area (Å²) in [6.45, 7) is 3.94. The second-order valence-corrected chi connectivity index (χ2v) is 10.7. The first kappa shape index (κ1) is 26.9. The van der Waals surface area contributed by atoms with Gasteiger partial charge in [0.1, 0.15) is 0 Å². The molecule has 1 atom stereocenters. The fourth-order valence-corrected chi connectivity index (χ4v) is 6.62. The highest BCUT2D eigenvalue weighted by Crippen LogP contribution is 2.46. The molecule has 0 radical (unpaired) electrons. The quantitative estimate of drug-likeness (QED) is 0.261. The average molecular weight is 513 g/mol. The summed E-state index contributed by atoms with van der Waals surface area (Å²) in [6, 6.07) is 1.87. The zero-order valence-corrected chi connectivity index (χ0v) is 20.4. The van der Waals surface area contributed by atoms with Crippen LogP contribution in [-0.2, 0) is 0 Å². The van der Waals surface area contributed by atoms with Crippen molar-refractivity contribution in [2.45, 2.75) is 76.7 Å². The monoisotopic (exact) mass is 512 g/mol. The number of ether oxygens (including phenoxy) is 1. The molecule has 1 aromatic rings. The molecule has 0 N–H and O–H groups in total. The molecular formula is C29H34F6O. The molecule has 0 aliphatic heterocycles. The van der Waals surface area contributed by atoms with E-state index in [1.165, 1.54) is 51.4 Å². The van der Waals surface area contributed by atoms with Gasteiger partial charge in [0.05, 0.1) is 6.08 Å². The molecule has 4 rings (SSSR count). The van der Waals surface area contributed by atoms with Crippen LogP contribution < -0.4 is 4.74 Å². The summed E-state index contributed by atoms with van der Waals surface area (Å²) in [5.41, 5.74) is 1.04. The second kappa shape index (κ2) is 11.5. The Morgan fingerprint density at radius 3 is 1.83 bits per heavy atom. The molecule has 1 nitrogen and oxygen atoms in total. The molecule has 2 fully saturated rings. The summed E-state index contributed by atoms with van der Waals surface area (Å²) >= 11 is 0. The summed E-state index contributed by atoms with van der Waals surface area (Å²) in [7, 11) is 0. The van der Waals surface area contributed by atoms with Crippen LogP contribution in [0.2, 0.25) is 0 Å². The Morgan fingerprint density at radius 2 is 1.36 bits per heavy atom. The minimum absolute atomic E-state index is 0.269. The lowest BCUT2D eigenvalue weighted by atomic mass is 9.66. The van der Waals surface area contributed by atoms with Crippen LogP contribution >= 0.6 is 0 Å². The van der Waals surface area contributed by atoms with Gasteiger partial charge in [0.15, 0.2) is 17.4 Å². The van der Waals surface area contributed by atoms with Crippen LogP contribution in [0.3, 0.4) is 0 Å². The Morgan fingerprint density at radius 1 is 0.833 bits per heavy atom. The van der Waals surface area contributed by atoms with Gasteiger partial charge in [0.2, 0.25) is 0 Å². The molecule has 198 valence electrons. The second-order valence-electron chi connectivity index (χ2n) is 10.7. The van der Waals surface area contributed by atoms with Crippen molar-refractivity contribution in [2.75, 3.05) is 0 Å². The summed E-state index contributed by atoms with van der Waals surface area (Å²) in [4.78, 5) is 0. The van der Waals surface area contributed by atoms with E-state index in [4.69, 9.17) is 0 Å². The van der Waals surface area contributed by atoms with Crippen LogP contribution in [0.25, 0.3) is 5.57 Å². The third kappa shape index (κ3) is 6.57. The number of allylic oxidation sites excluding steroid dienone is 3. The van der Waals surface area contributed by atoms with Crippen LogP contribution in [0.4, 0.5) is 26.3 Å². The van der Waals surface area contributed by atoms with Crippen molar-refractivity contribution >= 4 is 5.57 Å². The molecule has 3 aliphatic rings. The minimum atomic E-state index is -4.52. The minimum Gasteiger partial charge on any atom is -0.423 e. The van der Waals surface area contributed by atoms with Gasteiger partial charge in [-0.3, -0.25) is 0 Å². The van der Waals surface area contributed by atoms with Crippen molar-refractivity contribution in [1.82, 2.24) is 0 Å². The van der Waals surface area contributed by atoms with E-state index in [9.17, 15) is 26.3 Å². The lowest BCUT2D eigenvalue weighted by molar-refractivity contribution is -0.137. The van der Waals surface area contributed by atoms with Crippen molar-refractivity contribution in [1.29, 1.82) is 0 Å². The van der Waals surface area contributed by atoms with Gasteiger partial charge in [-0.15, -0.1) is 6.58 Å². The highest BCUT2D eigenvalue weighted by molar-refractivity contribution is 5.67. The van der Waals surface area contributed by atoms with Crippen LogP contribution in [0.1, 0.15) is 76.2 Å². The predicted molar refractivity (Wildman–Crippen MR) is 129 cm³/mol. The van der Waals surface area contributed by atoms with Crippen molar-refractivity contribution in [3.05, 3.63) is 60.2 Å². The maximum absolute atomic E-state index is 14.4. The number of rotatable bonds is 7. The molecule has 0 heterocycles. The Bertz CT molecular complexity index is 956. The lowest BCUT2D eigenvalue weighted by Gasteiger charge is -2.40. The SMILES string of the molecule is C=CC1CCC(C2CCC(C3CC=C(c4cc(F)c(OC(F)(F)C=C(F)F)c(F)c4)CC3)CC2)CC1. The van der Waals surface area contributed by atoms with Gasteiger partial charge >= 0.3 is 6.11 Å². The molecule has 1 unspecified atom stereocenters. The van der Waals surface area contributed by atoms with E-state index < -0.39 is 35.6 Å². The highest BCUT2D eigenvalue weighted by atomic mass is 19.3. The summed E-state index contributed by atoms with van der Waals surface area (Å²) in [5.74, 6) is -0.479. The Labute approximate surface area is 209 Å². The van der Waals surface area contributed by atoms with E-state index in [0.717, 1.165) is 42.4 Å². The predicted octanol–water partition coefficient (Wildman–Crippen LogP) is 9.70. The normalized spacial score (nSPS) is 29.3. The van der Waals surface area contributed by atoms with E-state index in [1.807, 2.05) is 6.08 Å². The number of hydrogen-bond donors (Lipinski definition) is 0. The topological polar surface area (TPSA) is 9.23 Å². The first-order chi connectivity index (χ1) is 17.1. The van der Waals surface area contributed by atoms with Crippen molar-refractivity contribution in [3.8, 4) is 5.75 Å². The molecule has 1 aromatic carbocycles. The van der Waals surface area contributed by atoms with Gasteiger partial charge in [-0.1, -0.05) is 12.2 Å². The van der Waals surface area contributed by atoms with Crippen molar-refractivity contribution in [3.63, 3.8) is 0 Å². The standard InChI is InChI=1S/C29H34F6O/c1-2-18-3-5-19(6-4-18)20-7-9-21(10-8-20)22-11-13-23(14-12-22)24-15-25(30)28(26(31)16-24)36-29(34,35)17-27(32)33/h2,13,15-22H,1,3-12,14H2. The summed E-state index contributed by atoms with van der Waals surface area (Å²) in [5, 5.41) is 0. The molecule has 0 spiro atoms. The van der Waals surface area contributed by atoms with Crippen molar-refractivity contribution in [2.24, 2.45) is 29.6 Å². The largest absolute Gasteiger partial charge is 0.425 e. The first-order valence-corrected chi connectivity index (χ1v) is 13.1. The zero-order chi connectivity index (χ0) is 25.9. The molecule has 0 saturated heterocycles. The fraction of sp³-hybridized carbons (Fsp3) is 0.586. The average Bonchev–Trinajstić information content (AvgIpc) is 2.86. The summed E-state index contributed by atoms with van der Waals surface area (Å²) in [6.07, 6.45) is 8.71. The molecule has 36 heavy (non-hydrogen) atoms. The maximum Gasteiger partial charge on any atom is 0.425 e. The zero-order valence-electron chi connectivity index (χ0n) is 20.4. The molecule has 0 aromatic heterocycles. The molecule has 3 aliphatic carbocycles. The Balaban J connectivity index is 1.32.